The van der Waals surface area contributed by atoms with E-state index in [0.29, 0.717) is 0 Å². The van der Waals surface area contributed by atoms with Crippen LogP contribution >= 0.6 is 0 Å². The summed E-state index contributed by atoms with van der Waals surface area (Å²) in [6.45, 7) is 12.9. The number of rotatable bonds is 6. The Morgan fingerprint density at radius 2 is 1.89 bits per heavy atom. The lowest BCUT2D eigenvalue weighted by molar-refractivity contribution is 0.213. The molecule has 2 heteroatoms. The Bertz CT molecular complexity index is 354. The number of para-hydroxylation sites is 1. The Hall–Kier alpha value is -1.02. The van der Waals surface area contributed by atoms with Crippen LogP contribution in [0.3, 0.4) is 0 Å². The van der Waals surface area contributed by atoms with Crippen LogP contribution in [0.25, 0.3) is 0 Å². The van der Waals surface area contributed by atoms with Crippen LogP contribution in [0.5, 0.6) is 5.75 Å². The van der Waals surface area contributed by atoms with Gasteiger partial charge in [-0.05, 0) is 36.9 Å². The molecule has 1 atom stereocenters. The summed E-state index contributed by atoms with van der Waals surface area (Å²) in [5.41, 5.74) is 1.39. The summed E-state index contributed by atoms with van der Waals surface area (Å²) < 4.78 is 6.06. The molecule has 0 heterocycles. The standard InChI is InChI=1S/C16H27NO/c1-6-11-17-12-13(2)18-15-10-8-7-9-14(15)16(3,4)5/h7-10,13,17H,6,11-12H2,1-5H3. The van der Waals surface area contributed by atoms with E-state index in [1.165, 1.54) is 5.56 Å². The van der Waals surface area contributed by atoms with Crippen LogP contribution < -0.4 is 10.1 Å². The number of ether oxygens (including phenoxy) is 1. The molecule has 0 saturated carbocycles. The van der Waals surface area contributed by atoms with Crippen LogP contribution in [-0.2, 0) is 5.41 Å². The second-order valence-corrected chi connectivity index (χ2v) is 5.88. The summed E-state index contributed by atoms with van der Waals surface area (Å²) in [5.74, 6) is 1.01. The average Bonchev–Trinajstić information content (AvgIpc) is 2.28. The molecule has 0 saturated heterocycles. The smallest absolute Gasteiger partial charge is 0.123 e. The average molecular weight is 249 g/mol. The van der Waals surface area contributed by atoms with Gasteiger partial charge in [-0.25, -0.2) is 0 Å². The summed E-state index contributed by atoms with van der Waals surface area (Å²) in [4.78, 5) is 0. The topological polar surface area (TPSA) is 21.3 Å². The van der Waals surface area contributed by atoms with Gasteiger partial charge in [-0.1, -0.05) is 45.9 Å². The molecule has 0 aliphatic carbocycles. The Balaban J connectivity index is 2.66. The van der Waals surface area contributed by atoms with Gasteiger partial charge in [0.05, 0.1) is 0 Å². The fraction of sp³-hybridized carbons (Fsp3) is 0.625. The zero-order valence-corrected chi connectivity index (χ0v) is 12.4. The first kappa shape index (κ1) is 15.0. The number of benzene rings is 1. The van der Waals surface area contributed by atoms with Gasteiger partial charge in [0.15, 0.2) is 0 Å². The molecule has 102 valence electrons. The normalized spacial score (nSPS) is 13.4. The van der Waals surface area contributed by atoms with Crippen molar-refractivity contribution in [1.29, 1.82) is 0 Å². The SMILES string of the molecule is CCCNCC(C)Oc1ccccc1C(C)(C)C. The Morgan fingerprint density at radius 1 is 1.22 bits per heavy atom. The van der Waals surface area contributed by atoms with Crippen molar-refractivity contribution in [3.05, 3.63) is 29.8 Å². The maximum absolute atomic E-state index is 6.06. The highest BCUT2D eigenvalue weighted by molar-refractivity contribution is 5.38. The fourth-order valence-corrected chi connectivity index (χ4v) is 1.93. The largest absolute Gasteiger partial charge is 0.489 e. The van der Waals surface area contributed by atoms with Crippen molar-refractivity contribution in [2.45, 2.75) is 52.6 Å². The molecule has 0 aliphatic heterocycles. The van der Waals surface area contributed by atoms with Crippen molar-refractivity contribution in [2.75, 3.05) is 13.1 Å². The van der Waals surface area contributed by atoms with Crippen LogP contribution in [0.1, 0.15) is 46.6 Å². The van der Waals surface area contributed by atoms with Crippen LogP contribution in [0.2, 0.25) is 0 Å². The monoisotopic (exact) mass is 249 g/mol. The first-order valence-corrected chi connectivity index (χ1v) is 6.92. The van der Waals surface area contributed by atoms with Gasteiger partial charge in [-0.3, -0.25) is 0 Å². The molecule has 0 spiro atoms. The number of hydrogen-bond acceptors (Lipinski definition) is 2. The maximum atomic E-state index is 6.06. The summed E-state index contributed by atoms with van der Waals surface area (Å²) >= 11 is 0. The van der Waals surface area contributed by atoms with E-state index >= 15 is 0 Å². The quantitative estimate of drug-likeness (QED) is 0.775. The van der Waals surface area contributed by atoms with Crippen LogP contribution in [0.4, 0.5) is 0 Å². The molecule has 1 aromatic carbocycles. The molecule has 1 aromatic rings. The van der Waals surface area contributed by atoms with Crippen molar-refractivity contribution < 1.29 is 4.74 Å². The van der Waals surface area contributed by atoms with E-state index in [0.717, 1.165) is 25.3 Å². The molecule has 0 bridgehead atoms. The van der Waals surface area contributed by atoms with Crippen LogP contribution in [-0.4, -0.2) is 19.2 Å². The molecular formula is C16H27NO. The third-order valence-corrected chi connectivity index (χ3v) is 2.88. The van der Waals surface area contributed by atoms with Crippen LogP contribution in [0.15, 0.2) is 24.3 Å². The molecule has 0 fully saturated rings. The first-order valence-electron chi connectivity index (χ1n) is 6.92. The second-order valence-electron chi connectivity index (χ2n) is 5.88. The van der Waals surface area contributed by atoms with Gasteiger partial charge in [-0.15, -0.1) is 0 Å². The van der Waals surface area contributed by atoms with Crippen molar-refractivity contribution in [1.82, 2.24) is 5.32 Å². The molecule has 2 nitrogen and oxygen atoms in total. The molecule has 0 radical (unpaired) electrons. The molecular weight excluding hydrogens is 222 g/mol. The van der Waals surface area contributed by atoms with Crippen molar-refractivity contribution >= 4 is 0 Å². The van der Waals surface area contributed by atoms with E-state index in [4.69, 9.17) is 4.74 Å². The van der Waals surface area contributed by atoms with E-state index in [-0.39, 0.29) is 11.5 Å². The molecule has 0 aromatic heterocycles. The highest BCUT2D eigenvalue weighted by atomic mass is 16.5. The third-order valence-electron chi connectivity index (χ3n) is 2.88. The lowest BCUT2D eigenvalue weighted by Crippen LogP contribution is -2.30. The first-order chi connectivity index (χ1) is 8.45. The highest BCUT2D eigenvalue weighted by Crippen LogP contribution is 2.31. The lowest BCUT2D eigenvalue weighted by atomic mass is 9.86. The van der Waals surface area contributed by atoms with E-state index in [2.05, 4.69) is 58.1 Å². The Morgan fingerprint density at radius 3 is 2.50 bits per heavy atom. The van der Waals surface area contributed by atoms with Crippen LogP contribution in [0, 0.1) is 0 Å². The molecule has 18 heavy (non-hydrogen) atoms. The van der Waals surface area contributed by atoms with E-state index < -0.39 is 0 Å². The van der Waals surface area contributed by atoms with Gasteiger partial charge in [0.25, 0.3) is 0 Å². The zero-order chi connectivity index (χ0) is 13.6. The van der Waals surface area contributed by atoms with Gasteiger partial charge >= 0.3 is 0 Å². The fourth-order valence-electron chi connectivity index (χ4n) is 1.93. The third kappa shape index (κ3) is 4.69. The van der Waals surface area contributed by atoms with Gasteiger partial charge in [0, 0.05) is 6.54 Å². The van der Waals surface area contributed by atoms with E-state index in [9.17, 15) is 0 Å². The number of nitrogens with one attached hydrogen (secondary N) is 1. The van der Waals surface area contributed by atoms with Gasteiger partial charge < -0.3 is 10.1 Å². The van der Waals surface area contributed by atoms with Gasteiger partial charge in [0.1, 0.15) is 11.9 Å². The minimum Gasteiger partial charge on any atom is -0.489 e. The summed E-state index contributed by atoms with van der Waals surface area (Å²) in [5, 5.41) is 3.39. The highest BCUT2D eigenvalue weighted by Gasteiger charge is 2.19. The predicted molar refractivity (Wildman–Crippen MR) is 78.4 cm³/mol. The Labute approximate surface area is 112 Å². The summed E-state index contributed by atoms with van der Waals surface area (Å²) in [7, 11) is 0. The van der Waals surface area contributed by atoms with Crippen molar-refractivity contribution in [3.63, 3.8) is 0 Å². The van der Waals surface area contributed by atoms with Gasteiger partial charge in [0.2, 0.25) is 0 Å². The Kier molecular flexibility index (Phi) is 5.67. The van der Waals surface area contributed by atoms with Crippen molar-refractivity contribution in [3.8, 4) is 5.75 Å². The molecule has 0 amide bonds. The lowest BCUT2D eigenvalue weighted by Gasteiger charge is -2.25. The summed E-state index contributed by atoms with van der Waals surface area (Å²) in [6.07, 6.45) is 1.35. The number of hydrogen-bond donors (Lipinski definition) is 1. The maximum Gasteiger partial charge on any atom is 0.123 e. The van der Waals surface area contributed by atoms with Crippen molar-refractivity contribution in [2.24, 2.45) is 0 Å². The predicted octanol–water partition coefficient (Wildman–Crippen LogP) is 3.75. The van der Waals surface area contributed by atoms with Gasteiger partial charge in [-0.2, -0.15) is 0 Å². The minimum absolute atomic E-state index is 0.118. The second kappa shape index (κ2) is 6.79. The minimum atomic E-state index is 0.118. The molecule has 0 aliphatic rings. The molecule has 1 unspecified atom stereocenters. The summed E-state index contributed by atoms with van der Waals surface area (Å²) in [6, 6.07) is 8.34. The molecule has 1 rings (SSSR count). The zero-order valence-electron chi connectivity index (χ0n) is 12.4. The molecule has 1 N–H and O–H groups in total. The van der Waals surface area contributed by atoms with E-state index in [1.807, 2.05) is 6.07 Å². The van der Waals surface area contributed by atoms with E-state index in [1.54, 1.807) is 0 Å².